The zero-order valence-corrected chi connectivity index (χ0v) is 7.17. The molecule has 0 saturated heterocycles. The number of aldehydes is 1. The highest BCUT2D eigenvalue weighted by Crippen LogP contribution is 2.28. The standard InChI is InChI=1S/C8H8F2N2O2/c9-7(10)6-5(3-13)14-8(12-6)11-4-1-2-4/h3-4,7H,1-2H2,(H,11,12). The Bertz CT molecular complexity index is 347. The molecule has 1 aliphatic rings. The van der Waals surface area contributed by atoms with Gasteiger partial charge in [-0.05, 0) is 12.8 Å². The van der Waals surface area contributed by atoms with Crippen molar-refractivity contribution in [2.45, 2.75) is 25.3 Å². The SMILES string of the molecule is O=Cc1oc(NC2CC2)nc1C(F)F. The van der Waals surface area contributed by atoms with E-state index in [4.69, 9.17) is 4.42 Å². The average molecular weight is 202 g/mol. The van der Waals surface area contributed by atoms with Gasteiger partial charge < -0.3 is 9.73 Å². The smallest absolute Gasteiger partial charge is 0.295 e. The summed E-state index contributed by atoms with van der Waals surface area (Å²) >= 11 is 0. The summed E-state index contributed by atoms with van der Waals surface area (Å²) in [5.74, 6) is -0.400. The van der Waals surface area contributed by atoms with E-state index >= 15 is 0 Å². The Morgan fingerprint density at radius 3 is 2.71 bits per heavy atom. The van der Waals surface area contributed by atoms with Crippen molar-refractivity contribution in [2.24, 2.45) is 0 Å². The van der Waals surface area contributed by atoms with Crippen LogP contribution in [-0.4, -0.2) is 17.3 Å². The molecule has 2 rings (SSSR count). The quantitative estimate of drug-likeness (QED) is 0.758. The molecule has 14 heavy (non-hydrogen) atoms. The van der Waals surface area contributed by atoms with Crippen LogP contribution in [0.5, 0.6) is 0 Å². The summed E-state index contributed by atoms with van der Waals surface area (Å²) < 4.78 is 29.3. The van der Waals surface area contributed by atoms with Crippen LogP contribution in [0.25, 0.3) is 0 Å². The molecule has 1 aliphatic carbocycles. The Morgan fingerprint density at radius 2 is 2.29 bits per heavy atom. The minimum Gasteiger partial charge on any atom is -0.420 e. The van der Waals surface area contributed by atoms with E-state index in [2.05, 4.69) is 10.3 Å². The monoisotopic (exact) mass is 202 g/mol. The summed E-state index contributed by atoms with van der Waals surface area (Å²) in [5, 5.41) is 2.80. The first-order valence-electron chi connectivity index (χ1n) is 4.21. The van der Waals surface area contributed by atoms with Gasteiger partial charge in [-0.3, -0.25) is 4.79 Å². The largest absolute Gasteiger partial charge is 0.420 e. The van der Waals surface area contributed by atoms with Gasteiger partial charge in [0, 0.05) is 6.04 Å². The predicted octanol–water partition coefficient (Wildman–Crippen LogP) is 2.00. The van der Waals surface area contributed by atoms with Crippen molar-refractivity contribution in [3.63, 3.8) is 0 Å². The van der Waals surface area contributed by atoms with E-state index in [9.17, 15) is 13.6 Å². The Kier molecular flexibility index (Phi) is 2.18. The van der Waals surface area contributed by atoms with Crippen molar-refractivity contribution in [1.29, 1.82) is 0 Å². The van der Waals surface area contributed by atoms with Crippen molar-refractivity contribution < 1.29 is 18.0 Å². The molecule has 0 aromatic carbocycles. The van der Waals surface area contributed by atoms with Gasteiger partial charge in [-0.2, -0.15) is 4.98 Å². The van der Waals surface area contributed by atoms with Crippen LogP contribution in [0.3, 0.4) is 0 Å². The predicted molar refractivity (Wildman–Crippen MR) is 43.5 cm³/mol. The fourth-order valence-corrected chi connectivity index (χ4v) is 1.05. The highest BCUT2D eigenvalue weighted by Gasteiger charge is 2.26. The van der Waals surface area contributed by atoms with Crippen LogP contribution < -0.4 is 5.32 Å². The second kappa shape index (κ2) is 3.36. The van der Waals surface area contributed by atoms with Crippen LogP contribution in [0.2, 0.25) is 0 Å². The average Bonchev–Trinajstić information content (AvgIpc) is 2.83. The van der Waals surface area contributed by atoms with Crippen LogP contribution in [0.15, 0.2) is 4.42 Å². The van der Waals surface area contributed by atoms with Crippen LogP contribution in [0, 0.1) is 0 Å². The number of carbonyl (C=O) groups excluding carboxylic acids is 1. The lowest BCUT2D eigenvalue weighted by Gasteiger charge is -1.94. The number of hydrogen-bond acceptors (Lipinski definition) is 4. The van der Waals surface area contributed by atoms with Crippen molar-refractivity contribution in [3.8, 4) is 0 Å². The molecule has 1 aromatic rings. The molecule has 1 fully saturated rings. The first kappa shape index (κ1) is 9.11. The van der Waals surface area contributed by atoms with Gasteiger partial charge in [0.05, 0.1) is 0 Å². The maximum atomic E-state index is 12.3. The maximum Gasteiger partial charge on any atom is 0.295 e. The normalized spacial score (nSPS) is 15.9. The highest BCUT2D eigenvalue weighted by molar-refractivity contribution is 5.72. The van der Waals surface area contributed by atoms with E-state index in [0.717, 1.165) is 12.8 Å². The molecule has 0 unspecified atom stereocenters. The number of rotatable bonds is 4. The topological polar surface area (TPSA) is 55.1 Å². The summed E-state index contributed by atoms with van der Waals surface area (Å²) in [7, 11) is 0. The molecule has 76 valence electrons. The first-order valence-corrected chi connectivity index (χ1v) is 4.21. The van der Waals surface area contributed by atoms with Crippen LogP contribution in [-0.2, 0) is 0 Å². The number of hydrogen-bond donors (Lipinski definition) is 1. The minimum atomic E-state index is -2.78. The Hall–Kier alpha value is -1.46. The fourth-order valence-electron chi connectivity index (χ4n) is 1.05. The summed E-state index contributed by atoms with van der Waals surface area (Å²) in [6.45, 7) is 0. The van der Waals surface area contributed by atoms with Gasteiger partial charge in [-0.1, -0.05) is 0 Å². The molecular weight excluding hydrogens is 194 g/mol. The summed E-state index contributed by atoms with van der Waals surface area (Å²) in [6, 6.07) is 0.253. The molecule has 0 aliphatic heterocycles. The van der Waals surface area contributed by atoms with Crippen LogP contribution >= 0.6 is 0 Å². The van der Waals surface area contributed by atoms with E-state index in [0.29, 0.717) is 0 Å². The second-order valence-electron chi connectivity index (χ2n) is 3.11. The number of anilines is 1. The molecule has 1 heterocycles. The highest BCUT2D eigenvalue weighted by atomic mass is 19.3. The van der Waals surface area contributed by atoms with E-state index in [1.165, 1.54) is 0 Å². The van der Waals surface area contributed by atoms with Crippen molar-refractivity contribution in [3.05, 3.63) is 11.5 Å². The molecule has 1 saturated carbocycles. The molecule has 0 atom stereocenters. The second-order valence-corrected chi connectivity index (χ2v) is 3.11. The van der Waals surface area contributed by atoms with Crippen molar-refractivity contribution in [2.75, 3.05) is 5.32 Å². The summed E-state index contributed by atoms with van der Waals surface area (Å²) in [6.07, 6.45) is -0.591. The molecule has 1 aromatic heterocycles. The van der Waals surface area contributed by atoms with Gasteiger partial charge in [-0.25, -0.2) is 8.78 Å². The van der Waals surface area contributed by atoms with E-state index in [-0.39, 0.29) is 18.3 Å². The number of nitrogens with zero attached hydrogens (tertiary/aromatic N) is 1. The number of nitrogens with one attached hydrogen (secondary N) is 1. The van der Waals surface area contributed by atoms with Crippen molar-refractivity contribution in [1.82, 2.24) is 4.98 Å². The lowest BCUT2D eigenvalue weighted by atomic mass is 10.4. The zero-order chi connectivity index (χ0) is 10.1. The van der Waals surface area contributed by atoms with Gasteiger partial charge in [-0.15, -0.1) is 0 Å². The molecule has 4 nitrogen and oxygen atoms in total. The summed E-state index contributed by atoms with van der Waals surface area (Å²) in [5.41, 5.74) is -0.594. The number of oxazole rings is 1. The van der Waals surface area contributed by atoms with Crippen LogP contribution in [0.1, 0.15) is 35.5 Å². The number of alkyl halides is 2. The third kappa shape index (κ3) is 1.73. The molecule has 0 spiro atoms. The van der Waals surface area contributed by atoms with Gasteiger partial charge in [0.1, 0.15) is 0 Å². The Morgan fingerprint density at radius 1 is 1.57 bits per heavy atom. The number of halogens is 2. The van der Waals surface area contributed by atoms with E-state index in [1.807, 2.05) is 0 Å². The van der Waals surface area contributed by atoms with Gasteiger partial charge in [0.2, 0.25) is 0 Å². The van der Waals surface area contributed by atoms with Gasteiger partial charge >= 0.3 is 0 Å². The molecule has 0 amide bonds. The molecule has 0 radical (unpaired) electrons. The fraction of sp³-hybridized carbons (Fsp3) is 0.500. The van der Waals surface area contributed by atoms with E-state index < -0.39 is 17.9 Å². The number of carbonyl (C=O) groups is 1. The van der Waals surface area contributed by atoms with Gasteiger partial charge in [0.15, 0.2) is 17.7 Å². The molecular formula is C8H8F2N2O2. The molecule has 0 bridgehead atoms. The lowest BCUT2D eigenvalue weighted by Crippen LogP contribution is -2.00. The molecule has 6 heteroatoms. The zero-order valence-electron chi connectivity index (χ0n) is 7.17. The lowest BCUT2D eigenvalue weighted by molar-refractivity contribution is 0.107. The van der Waals surface area contributed by atoms with Gasteiger partial charge in [0.25, 0.3) is 12.4 Å². The maximum absolute atomic E-state index is 12.3. The number of aromatic nitrogens is 1. The summed E-state index contributed by atoms with van der Waals surface area (Å²) in [4.78, 5) is 13.9. The van der Waals surface area contributed by atoms with E-state index in [1.54, 1.807) is 0 Å². The third-order valence-corrected chi connectivity index (χ3v) is 1.90. The Balaban J connectivity index is 2.20. The van der Waals surface area contributed by atoms with Crippen molar-refractivity contribution >= 4 is 12.3 Å². The minimum absolute atomic E-state index is 0.00454. The van der Waals surface area contributed by atoms with Crippen LogP contribution in [0.4, 0.5) is 14.8 Å². The Labute approximate surface area is 78.3 Å². The molecule has 1 N–H and O–H groups in total. The first-order chi connectivity index (χ1) is 6.70. The third-order valence-electron chi connectivity index (χ3n) is 1.90.